The minimum atomic E-state index is 0. The maximum atomic E-state index is 5.33. The summed E-state index contributed by atoms with van der Waals surface area (Å²) in [5, 5.41) is 3.30. The lowest BCUT2D eigenvalue weighted by Gasteiger charge is -2.45. The van der Waals surface area contributed by atoms with Gasteiger partial charge in [0.05, 0.1) is 0 Å². The molecule has 0 aromatic heterocycles. The summed E-state index contributed by atoms with van der Waals surface area (Å²) >= 11 is 0. The molecule has 2 rings (SSSR count). The topological polar surface area (TPSA) is 24.5 Å². The molecule has 2 aliphatic heterocycles. The van der Waals surface area contributed by atoms with Crippen LogP contribution in [0.25, 0.3) is 0 Å². The molecule has 2 fully saturated rings. The van der Waals surface area contributed by atoms with Crippen LogP contribution < -0.4 is 5.32 Å². The van der Waals surface area contributed by atoms with Crippen molar-refractivity contribution in [3.63, 3.8) is 0 Å². The van der Waals surface area contributed by atoms with Crippen molar-refractivity contribution in [2.75, 3.05) is 33.4 Å². The molecule has 0 bridgehead atoms. The van der Waals surface area contributed by atoms with E-state index < -0.39 is 0 Å². The van der Waals surface area contributed by atoms with Crippen molar-refractivity contribution >= 4 is 24.8 Å². The number of rotatable bonds is 2. The van der Waals surface area contributed by atoms with Crippen LogP contribution in [0.2, 0.25) is 0 Å². The number of hydrogen-bond acceptors (Lipinski definition) is 3. The van der Waals surface area contributed by atoms with Crippen molar-refractivity contribution in [1.29, 1.82) is 0 Å². The van der Waals surface area contributed by atoms with E-state index >= 15 is 0 Å². The average Bonchev–Trinajstić information content (AvgIpc) is 2.04. The van der Waals surface area contributed by atoms with E-state index in [4.69, 9.17) is 4.74 Å². The van der Waals surface area contributed by atoms with E-state index in [0.717, 1.165) is 25.3 Å². The maximum absolute atomic E-state index is 5.33. The van der Waals surface area contributed by atoms with Crippen LogP contribution in [0.4, 0.5) is 0 Å². The molecular formula is C9H20Cl2N2O. The predicted molar refractivity (Wildman–Crippen MR) is 62.8 cm³/mol. The van der Waals surface area contributed by atoms with Crippen molar-refractivity contribution in [3.05, 3.63) is 0 Å². The number of ether oxygens (including phenoxy) is 1. The number of likely N-dealkylation sites (N-methyl/N-ethyl adjacent to an activating group) is 1. The first-order chi connectivity index (χ1) is 5.90. The van der Waals surface area contributed by atoms with E-state index in [2.05, 4.69) is 10.2 Å². The van der Waals surface area contributed by atoms with Gasteiger partial charge in [-0.25, -0.2) is 0 Å². The Morgan fingerprint density at radius 1 is 1.14 bits per heavy atom. The third-order valence-corrected chi connectivity index (χ3v) is 3.03. The molecule has 5 heteroatoms. The van der Waals surface area contributed by atoms with Crippen molar-refractivity contribution in [2.45, 2.75) is 24.9 Å². The zero-order valence-corrected chi connectivity index (χ0v) is 10.2. The minimum Gasteiger partial charge on any atom is -0.381 e. The van der Waals surface area contributed by atoms with Gasteiger partial charge in [0.1, 0.15) is 0 Å². The van der Waals surface area contributed by atoms with Crippen LogP contribution in [-0.4, -0.2) is 50.3 Å². The molecule has 2 heterocycles. The number of hydrogen-bond donors (Lipinski definition) is 1. The van der Waals surface area contributed by atoms with Crippen LogP contribution in [0.15, 0.2) is 0 Å². The number of nitrogens with zero attached hydrogens (tertiary/aromatic N) is 1. The SMILES string of the molecule is CNC1CN(C2CCOCC2)C1.Cl.Cl. The standard InChI is InChI=1S/C9H18N2O.2ClH/c1-10-8-6-11(7-8)9-2-4-12-5-3-9;;/h8-10H,2-7H2,1H3;2*1H. The summed E-state index contributed by atoms with van der Waals surface area (Å²) in [7, 11) is 2.05. The van der Waals surface area contributed by atoms with Crippen molar-refractivity contribution in [3.8, 4) is 0 Å². The highest BCUT2D eigenvalue weighted by Crippen LogP contribution is 2.19. The van der Waals surface area contributed by atoms with Gasteiger partial charge in [-0.3, -0.25) is 4.90 Å². The third kappa shape index (κ3) is 3.24. The van der Waals surface area contributed by atoms with Gasteiger partial charge in [0.25, 0.3) is 0 Å². The summed E-state index contributed by atoms with van der Waals surface area (Å²) < 4.78 is 5.33. The molecule has 3 nitrogen and oxygen atoms in total. The van der Waals surface area contributed by atoms with Gasteiger partial charge >= 0.3 is 0 Å². The highest BCUT2D eigenvalue weighted by atomic mass is 35.5. The fourth-order valence-corrected chi connectivity index (χ4v) is 2.04. The Hall–Kier alpha value is 0.460. The molecule has 1 N–H and O–H groups in total. The highest BCUT2D eigenvalue weighted by molar-refractivity contribution is 5.85. The van der Waals surface area contributed by atoms with Crippen LogP contribution in [-0.2, 0) is 4.74 Å². The quantitative estimate of drug-likeness (QED) is 0.780. The van der Waals surface area contributed by atoms with E-state index in [-0.39, 0.29) is 24.8 Å². The van der Waals surface area contributed by atoms with Crippen molar-refractivity contribution < 1.29 is 4.74 Å². The van der Waals surface area contributed by atoms with Crippen LogP contribution >= 0.6 is 24.8 Å². The van der Waals surface area contributed by atoms with Crippen LogP contribution in [0.1, 0.15) is 12.8 Å². The Labute approximate surface area is 98.4 Å². The highest BCUT2D eigenvalue weighted by Gasteiger charge is 2.31. The molecule has 14 heavy (non-hydrogen) atoms. The number of likely N-dealkylation sites (tertiary alicyclic amines) is 1. The molecule has 0 atom stereocenters. The van der Waals surface area contributed by atoms with Crippen molar-refractivity contribution in [2.24, 2.45) is 0 Å². The second-order valence-electron chi connectivity index (χ2n) is 3.78. The van der Waals surface area contributed by atoms with Crippen LogP contribution in [0.3, 0.4) is 0 Å². The smallest absolute Gasteiger partial charge is 0.0480 e. The molecule has 0 spiro atoms. The van der Waals surface area contributed by atoms with Gasteiger partial charge in [-0.1, -0.05) is 0 Å². The van der Waals surface area contributed by atoms with Gasteiger partial charge in [0.15, 0.2) is 0 Å². The summed E-state index contributed by atoms with van der Waals surface area (Å²) in [6, 6.07) is 1.55. The monoisotopic (exact) mass is 242 g/mol. The van der Waals surface area contributed by atoms with E-state index in [1.807, 2.05) is 7.05 Å². The van der Waals surface area contributed by atoms with Gasteiger partial charge in [-0.15, -0.1) is 24.8 Å². The first-order valence-corrected chi connectivity index (χ1v) is 4.89. The summed E-state index contributed by atoms with van der Waals surface area (Å²) in [6.07, 6.45) is 2.47. The molecule has 2 saturated heterocycles. The normalized spacial score (nSPS) is 24.6. The maximum Gasteiger partial charge on any atom is 0.0480 e. The fourth-order valence-electron chi connectivity index (χ4n) is 2.04. The van der Waals surface area contributed by atoms with Gasteiger partial charge in [0.2, 0.25) is 0 Å². The molecule has 0 radical (unpaired) electrons. The van der Waals surface area contributed by atoms with Gasteiger partial charge in [-0.05, 0) is 19.9 Å². The molecule has 86 valence electrons. The summed E-state index contributed by atoms with van der Waals surface area (Å²) in [5.41, 5.74) is 0. The molecule has 0 amide bonds. The van der Waals surface area contributed by atoms with Gasteiger partial charge in [-0.2, -0.15) is 0 Å². The molecule has 2 aliphatic rings. The predicted octanol–water partition coefficient (Wildman–Crippen LogP) is 0.913. The zero-order chi connectivity index (χ0) is 8.39. The summed E-state index contributed by atoms with van der Waals surface area (Å²) in [4.78, 5) is 2.57. The lowest BCUT2D eigenvalue weighted by atomic mass is 10.0. The molecule has 0 aromatic carbocycles. The Bertz CT molecular complexity index is 148. The molecule has 0 unspecified atom stereocenters. The second-order valence-corrected chi connectivity index (χ2v) is 3.78. The zero-order valence-electron chi connectivity index (χ0n) is 8.57. The fraction of sp³-hybridized carbons (Fsp3) is 1.00. The Kier molecular flexibility index (Phi) is 7.08. The van der Waals surface area contributed by atoms with Gasteiger partial charge < -0.3 is 10.1 Å². The second kappa shape index (κ2) is 6.85. The van der Waals surface area contributed by atoms with Crippen LogP contribution in [0.5, 0.6) is 0 Å². The Balaban J connectivity index is 0.000000845. The van der Waals surface area contributed by atoms with E-state index in [1.54, 1.807) is 0 Å². The Morgan fingerprint density at radius 2 is 1.71 bits per heavy atom. The lowest BCUT2D eigenvalue weighted by Crippen LogP contribution is -2.61. The largest absolute Gasteiger partial charge is 0.381 e. The van der Waals surface area contributed by atoms with Gasteiger partial charge in [0, 0.05) is 38.4 Å². The van der Waals surface area contributed by atoms with Crippen LogP contribution in [0, 0.1) is 0 Å². The first-order valence-electron chi connectivity index (χ1n) is 4.89. The third-order valence-electron chi connectivity index (χ3n) is 3.03. The minimum absolute atomic E-state index is 0. The first kappa shape index (κ1) is 14.5. The number of halogens is 2. The van der Waals surface area contributed by atoms with E-state index in [0.29, 0.717) is 0 Å². The summed E-state index contributed by atoms with van der Waals surface area (Å²) in [6.45, 7) is 4.40. The summed E-state index contributed by atoms with van der Waals surface area (Å²) in [5.74, 6) is 0. The van der Waals surface area contributed by atoms with E-state index in [9.17, 15) is 0 Å². The number of nitrogens with one attached hydrogen (secondary N) is 1. The Morgan fingerprint density at radius 3 is 2.21 bits per heavy atom. The molecule has 0 aromatic rings. The van der Waals surface area contributed by atoms with E-state index in [1.165, 1.54) is 25.9 Å². The molecular weight excluding hydrogens is 223 g/mol. The lowest BCUT2D eigenvalue weighted by molar-refractivity contribution is -0.00216. The van der Waals surface area contributed by atoms with Crippen molar-refractivity contribution in [1.82, 2.24) is 10.2 Å². The average molecular weight is 243 g/mol. The molecule has 0 saturated carbocycles. The molecule has 0 aliphatic carbocycles.